The van der Waals surface area contributed by atoms with Gasteiger partial charge in [0.25, 0.3) is 11.5 Å². The maximum absolute atomic E-state index is 12.7. The summed E-state index contributed by atoms with van der Waals surface area (Å²) in [5.41, 5.74) is -0.0542. The number of amides is 1. The number of anilines is 2. The fourth-order valence-corrected chi connectivity index (χ4v) is 3.63. The second-order valence-corrected chi connectivity index (χ2v) is 6.78. The number of fused-ring (bicyclic) bond motifs is 1. The molecule has 27 heavy (non-hydrogen) atoms. The smallest absolute Gasteiger partial charge is 0.288 e. The molecule has 1 aliphatic rings. The number of hydrogen-bond acceptors (Lipinski definition) is 8. The molecule has 0 unspecified atom stereocenters. The van der Waals surface area contributed by atoms with Crippen molar-refractivity contribution in [3.63, 3.8) is 0 Å². The highest BCUT2D eigenvalue weighted by molar-refractivity contribution is 7.20. The summed E-state index contributed by atoms with van der Waals surface area (Å²) in [6.07, 6.45) is 1.29. The summed E-state index contributed by atoms with van der Waals surface area (Å²) in [7, 11) is 1.54. The molecule has 9 nitrogen and oxygen atoms in total. The number of benzene rings is 1. The molecule has 140 valence electrons. The first-order chi connectivity index (χ1) is 13.2. The van der Waals surface area contributed by atoms with Crippen molar-refractivity contribution in [2.24, 2.45) is 0 Å². The van der Waals surface area contributed by atoms with Gasteiger partial charge in [-0.1, -0.05) is 17.4 Å². The molecule has 2 aromatic heterocycles. The Morgan fingerprint density at radius 3 is 2.93 bits per heavy atom. The topological polar surface area (TPSA) is 98.1 Å². The van der Waals surface area contributed by atoms with Gasteiger partial charge in [0.15, 0.2) is 0 Å². The molecule has 10 heteroatoms. The molecule has 3 heterocycles. The molecule has 0 aliphatic carbocycles. The maximum Gasteiger partial charge on any atom is 0.288 e. The van der Waals surface area contributed by atoms with E-state index in [-0.39, 0.29) is 5.56 Å². The van der Waals surface area contributed by atoms with Gasteiger partial charge in [-0.25, -0.2) is 4.98 Å². The third kappa shape index (κ3) is 3.49. The van der Waals surface area contributed by atoms with Crippen LogP contribution in [0, 0.1) is 0 Å². The van der Waals surface area contributed by atoms with Crippen molar-refractivity contribution in [3.8, 4) is 5.75 Å². The van der Waals surface area contributed by atoms with Crippen LogP contribution in [-0.4, -0.2) is 53.9 Å². The van der Waals surface area contributed by atoms with Crippen molar-refractivity contribution >= 4 is 33.0 Å². The molecule has 0 radical (unpaired) electrons. The minimum atomic E-state index is -0.545. The van der Waals surface area contributed by atoms with E-state index in [1.807, 2.05) is 4.90 Å². The summed E-state index contributed by atoms with van der Waals surface area (Å²) in [6, 6.07) is 6.89. The van der Waals surface area contributed by atoms with Gasteiger partial charge in [-0.2, -0.15) is 4.52 Å². The van der Waals surface area contributed by atoms with Crippen LogP contribution in [0.1, 0.15) is 10.4 Å². The minimum absolute atomic E-state index is 0.0749. The quantitative estimate of drug-likeness (QED) is 0.719. The van der Waals surface area contributed by atoms with Gasteiger partial charge >= 0.3 is 0 Å². The van der Waals surface area contributed by atoms with Crippen molar-refractivity contribution in [2.75, 3.05) is 43.6 Å². The van der Waals surface area contributed by atoms with E-state index in [1.165, 1.54) is 22.0 Å². The average molecular weight is 387 g/mol. The molecule has 3 aromatic rings. The Kier molecular flexibility index (Phi) is 4.73. The Labute approximate surface area is 158 Å². The predicted octanol–water partition coefficient (Wildman–Crippen LogP) is 1.25. The number of rotatable bonds is 4. The number of nitrogens with zero attached hydrogens (tertiary/aromatic N) is 4. The lowest BCUT2D eigenvalue weighted by molar-refractivity contribution is 0.102. The largest absolute Gasteiger partial charge is 0.497 e. The first kappa shape index (κ1) is 17.4. The second-order valence-electron chi connectivity index (χ2n) is 5.84. The average Bonchev–Trinajstić information content (AvgIpc) is 3.14. The van der Waals surface area contributed by atoms with Crippen molar-refractivity contribution in [1.82, 2.24) is 14.6 Å². The lowest BCUT2D eigenvalue weighted by atomic mass is 10.2. The number of aromatic nitrogens is 3. The molecule has 1 aliphatic heterocycles. The maximum atomic E-state index is 12.7. The van der Waals surface area contributed by atoms with Crippen molar-refractivity contribution in [2.45, 2.75) is 0 Å². The standard InChI is InChI=1S/C17H17N5O4S/c1-25-12-4-2-3-11(9-12)19-14(23)13-10-18-16-22(15(13)24)20-17(27-16)21-5-7-26-8-6-21/h2-4,9-10H,5-8H2,1H3,(H,19,23). The van der Waals surface area contributed by atoms with Crippen molar-refractivity contribution < 1.29 is 14.3 Å². The van der Waals surface area contributed by atoms with E-state index in [9.17, 15) is 9.59 Å². The number of ether oxygens (including phenoxy) is 2. The normalized spacial score (nSPS) is 14.3. The Bertz CT molecular complexity index is 1040. The van der Waals surface area contributed by atoms with E-state index in [1.54, 1.807) is 31.4 Å². The van der Waals surface area contributed by atoms with Crippen LogP contribution in [0.15, 0.2) is 35.3 Å². The lowest BCUT2D eigenvalue weighted by Gasteiger charge is -2.25. The van der Waals surface area contributed by atoms with Crippen LogP contribution < -0.4 is 20.5 Å². The highest BCUT2D eigenvalue weighted by Crippen LogP contribution is 2.22. The SMILES string of the molecule is COc1cccc(NC(=O)c2cnc3sc(N4CCOCC4)nn3c2=O)c1. The predicted molar refractivity (Wildman–Crippen MR) is 101 cm³/mol. The molecule has 1 aromatic carbocycles. The molecule has 0 atom stereocenters. The van der Waals surface area contributed by atoms with E-state index in [2.05, 4.69) is 15.4 Å². The first-order valence-electron chi connectivity index (χ1n) is 8.32. The number of carbonyl (C=O) groups excluding carboxylic acids is 1. The van der Waals surface area contributed by atoms with Gasteiger partial charge in [-0.05, 0) is 12.1 Å². The first-order valence-corrected chi connectivity index (χ1v) is 9.14. The Balaban J connectivity index is 1.62. The highest BCUT2D eigenvalue weighted by atomic mass is 32.1. The molecule has 4 rings (SSSR count). The lowest BCUT2D eigenvalue weighted by Crippen LogP contribution is -2.36. The van der Waals surface area contributed by atoms with Gasteiger partial charge < -0.3 is 19.7 Å². The number of morpholine rings is 1. The van der Waals surface area contributed by atoms with Crippen LogP contribution in [-0.2, 0) is 4.74 Å². The van der Waals surface area contributed by atoms with Crippen LogP contribution in [0.2, 0.25) is 0 Å². The molecule has 0 saturated carbocycles. The van der Waals surface area contributed by atoms with E-state index >= 15 is 0 Å². The van der Waals surface area contributed by atoms with Crippen LogP contribution in [0.5, 0.6) is 5.75 Å². The molecule has 0 bridgehead atoms. The summed E-state index contributed by atoms with van der Waals surface area (Å²) in [4.78, 5) is 32.0. The van der Waals surface area contributed by atoms with E-state index in [4.69, 9.17) is 9.47 Å². The van der Waals surface area contributed by atoms with E-state index in [0.717, 1.165) is 0 Å². The van der Waals surface area contributed by atoms with Gasteiger partial charge in [0.2, 0.25) is 10.1 Å². The summed E-state index contributed by atoms with van der Waals surface area (Å²) in [6.45, 7) is 2.65. The van der Waals surface area contributed by atoms with Gasteiger partial charge in [0.1, 0.15) is 11.3 Å². The monoisotopic (exact) mass is 387 g/mol. The molecule has 1 saturated heterocycles. The minimum Gasteiger partial charge on any atom is -0.497 e. The summed E-state index contributed by atoms with van der Waals surface area (Å²) in [5.74, 6) is 0.0591. The number of nitrogens with one attached hydrogen (secondary N) is 1. The van der Waals surface area contributed by atoms with Crippen LogP contribution in [0.3, 0.4) is 0 Å². The number of carbonyl (C=O) groups is 1. The van der Waals surface area contributed by atoms with Gasteiger partial charge in [0, 0.05) is 31.0 Å². The van der Waals surface area contributed by atoms with Gasteiger partial charge in [-0.15, -0.1) is 5.10 Å². The zero-order valence-corrected chi connectivity index (χ0v) is 15.4. The van der Waals surface area contributed by atoms with Crippen LogP contribution in [0.4, 0.5) is 10.8 Å². The zero-order valence-electron chi connectivity index (χ0n) is 14.5. The zero-order chi connectivity index (χ0) is 18.8. The molecule has 0 spiro atoms. The fourth-order valence-electron chi connectivity index (χ4n) is 2.71. The van der Waals surface area contributed by atoms with Crippen LogP contribution in [0.25, 0.3) is 4.96 Å². The Hall–Kier alpha value is -2.98. The van der Waals surface area contributed by atoms with E-state index in [0.29, 0.717) is 47.8 Å². The third-order valence-electron chi connectivity index (χ3n) is 4.13. The Morgan fingerprint density at radius 1 is 1.33 bits per heavy atom. The third-order valence-corrected chi connectivity index (χ3v) is 5.11. The van der Waals surface area contributed by atoms with Crippen molar-refractivity contribution in [3.05, 3.63) is 46.4 Å². The number of methoxy groups -OCH3 is 1. The van der Waals surface area contributed by atoms with Gasteiger partial charge in [0.05, 0.1) is 20.3 Å². The molecule has 1 N–H and O–H groups in total. The van der Waals surface area contributed by atoms with Crippen molar-refractivity contribution in [1.29, 1.82) is 0 Å². The summed E-state index contributed by atoms with van der Waals surface area (Å²) < 4.78 is 11.6. The fraction of sp³-hybridized carbons (Fsp3) is 0.294. The van der Waals surface area contributed by atoms with Gasteiger partial charge in [-0.3, -0.25) is 9.59 Å². The number of hydrogen-bond donors (Lipinski definition) is 1. The highest BCUT2D eigenvalue weighted by Gasteiger charge is 2.20. The molecule has 1 fully saturated rings. The van der Waals surface area contributed by atoms with E-state index < -0.39 is 11.5 Å². The van der Waals surface area contributed by atoms with Crippen LogP contribution >= 0.6 is 11.3 Å². The molecular formula is C17H17N5O4S. The summed E-state index contributed by atoms with van der Waals surface area (Å²) >= 11 is 1.31. The molecule has 1 amide bonds. The molecular weight excluding hydrogens is 370 g/mol. The summed E-state index contributed by atoms with van der Waals surface area (Å²) in [5, 5.41) is 7.72. The second kappa shape index (κ2) is 7.33. The Morgan fingerprint density at radius 2 is 2.15 bits per heavy atom.